The summed E-state index contributed by atoms with van der Waals surface area (Å²) in [6, 6.07) is 4.21. The largest absolute Gasteiger partial charge is 0.496 e. The Balaban J connectivity index is 1.99. The average molecular weight is 291 g/mol. The van der Waals surface area contributed by atoms with Crippen LogP contribution in [0.15, 0.2) is 18.2 Å². The Labute approximate surface area is 120 Å². The van der Waals surface area contributed by atoms with Crippen LogP contribution in [0.25, 0.3) is 0 Å². The minimum atomic E-state index is -1.09. The second-order valence-electron chi connectivity index (χ2n) is 5.02. The lowest BCUT2D eigenvalue weighted by Gasteiger charge is -2.10. The molecule has 0 unspecified atom stereocenters. The van der Waals surface area contributed by atoms with Crippen molar-refractivity contribution in [3.8, 4) is 5.75 Å². The second kappa shape index (κ2) is 5.16. The van der Waals surface area contributed by atoms with E-state index in [-0.39, 0.29) is 24.0 Å². The summed E-state index contributed by atoms with van der Waals surface area (Å²) < 4.78 is 20.1. The van der Waals surface area contributed by atoms with E-state index in [4.69, 9.17) is 9.84 Å². The molecule has 6 nitrogen and oxygen atoms in total. The predicted molar refractivity (Wildman–Crippen MR) is 71.0 cm³/mol. The summed E-state index contributed by atoms with van der Waals surface area (Å²) in [5.74, 6) is -0.761. The van der Waals surface area contributed by atoms with Gasteiger partial charge in [0.25, 0.3) is 0 Å². The molecule has 1 aliphatic rings. The van der Waals surface area contributed by atoms with Gasteiger partial charge in [-0.05, 0) is 31.0 Å². The van der Waals surface area contributed by atoms with Gasteiger partial charge in [0.15, 0.2) is 5.69 Å². The summed E-state index contributed by atoms with van der Waals surface area (Å²) >= 11 is 0. The Bertz CT molecular complexity index is 695. The van der Waals surface area contributed by atoms with E-state index in [1.54, 1.807) is 0 Å². The highest BCUT2D eigenvalue weighted by molar-refractivity contribution is 5.86. The molecule has 0 spiro atoms. The zero-order chi connectivity index (χ0) is 15.0. The van der Waals surface area contributed by atoms with Gasteiger partial charge in [0.05, 0.1) is 19.3 Å². The monoisotopic (exact) mass is 291 g/mol. The number of halogens is 1. The molecule has 110 valence electrons. The average Bonchev–Trinajstić information content (AvgIpc) is 3.20. The predicted octanol–water partition coefficient (Wildman–Crippen LogP) is 2.05. The number of ether oxygens (including phenoxy) is 1. The van der Waals surface area contributed by atoms with Gasteiger partial charge in [-0.15, -0.1) is 5.10 Å². The molecule has 0 bridgehead atoms. The van der Waals surface area contributed by atoms with E-state index < -0.39 is 5.97 Å². The van der Waals surface area contributed by atoms with Crippen LogP contribution in [0.4, 0.5) is 4.39 Å². The van der Waals surface area contributed by atoms with Gasteiger partial charge in [0.2, 0.25) is 0 Å². The Kier molecular flexibility index (Phi) is 3.32. The first kappa shape index (κ1) is 13.5. The van der Waals surface area contributed by atoms with Gasteiger partial charge in [0, 0.05) is 11.5 Å². The van der Waals surface area contributed by atoms with Gasteiger partial charge in [-0.3, -0.25) is 0 Å². The third-order valence-electron chi connectivity index (χ3n) is 3.50. The van der Waals surface area contributed by atoms with Gasteiger partial charge >= 0.3 is 5.97 Å². The second-order valence-corrected chi connectivity index (χ2v) is 5.02. The molecule has 1 fully saturated rings. The number of carboxylic acids is 1. The Morgan fingerprint density at radius 3 is 2.90 bits per heavy atom. The Morgan fingerprint density at radius 2 is 2.29 bits per heavy atom. The van der Waals surface area contributed by atoms with Crippen LogP contribution in [0, 0.1) is 5.82 Å². The van der Waals surface area contributed by atoms with Gasteiger partial charge in [-0.1, -0.05) is 5.21 Å². The molecule has 1 aromatic carbocycles. The van der Waals surface area contributed by atoms with Crippen molar-refractivity contribution in [2.45, 2.75) is 25.3 Å². The van der Waals surface area contributed by atoms with Crippen molar-refractivity contribution in [1.29, 1.82) is 0 Å². The number of aromatic nitrogens is 3. The number of hydrogen-bond acceptors (Lipinski definition) is 4. The molecular weight excluding hydrogens is 277 g/mol. The van der Waals surface area contributed by atoms with E-state index in [9.17, 15) is 9.18 Å². The van der Waals surface area contributed by atoms with Crippen molar-refractivity contribution in [3.05, 3.63) is 41.0 Å². The minimum absolute atomic E-state index is 0.0205. The standard InChI is InChI=1S/C14H14FN3O3/c1-21-11-5-4-10(15)6-9(11)7-18-13(8-2-3-8)12(14(19)20)16-17-18/h4-6,8H,2-3,7H2,1H3,(H,19,20). The first-order valence-electron chi connectivity index (χ1n) is 6.59. The number of rotatable bonds is 5. The van der Waals surface area contributed by atoms with E-state index in [0.29, 0.717) is 17.0 Å². The third kappa shape index (κ3) is 2.58. The van der Waals surface area contributed by atoms with E-state index in [0.717, 1.165) is 12.8 Å². The molecule has 0 radical (unpaired) electrons. The maximum Gasteiger partial charge on any atom is 0.358 e. The molecule has 0 aliphatic heterocycles. The van der Waals surface area contributed by atoms with Crippen molar-refractivity contribution < 1.29 is 19.0 Å². The fourth-order valence-electron chi connectivity index (χ4n) is 2.38. The van der Waals surface area contributed by atoms with Gasteiger partial charge in [-0.2, -0.15) is 0 Å². The first-order valence-corrected chi connectivity index (χ1v) is 6.59. The molecule has 1 heterocycles. The number of benzene rings is 1. The summed E-state index contributed by atoms with van der Waals surface area (Å²) in [4.78, 5) is 11.2. The molecule has 0 atom stereocenters. The fourth-order valence-corrected chi connectivity index (χ4v) is 2.38. The van der Waals surface area contributed by atoms with Gasteiger partial charge in [0.1, 0.15) is 11.6 Å². The van der Waals surface area contributed by atoms with Crippen LogP contribution < -0.4 is 4.74 Å². The number of nitrogens with zero attached hydrogens (tertiary/aromatic N) is 3. The summed E-state index contributed by atoms with van der Waals surface area (Å²) in [7, 11) is 1.50. The molecule has 3 rings (SSSR count). The van der Waals surface area contributed by atoms with Gasteiger partial charge < -0.3 is 9.84 Å². The summed E-state index contributed by atoms with van der Waals surface area (Å²) in [6.07, 6.45) is 1.85. The highest BCUT2D eigenvalue weighted by Gasteiger charge is 2.33. The SMILES string of the molecule is COc1ccc(F)cc1Cn1nnc(C(=O)O)c1C1CC1. The molecule has 1 aliphatic carbocycles. The smallest absolute Gasteiger partial charge is 0.358 e. The lowest BCUT2D eigenvalue weighted by molar-refractivity contribution is 0.0689. The molecule has 0 saturated heterocycles. The molecule has 21 heavy (non-hydrogen) atoms. The van der Waals surface area contributed by atoms with Crippen molar-refractivity contribution in [1.82, 2.24) is 15.0 Å². The lowest BCUT2D eigenvalue weighted by atomic mass is 10.1. The number of hydrogen-bond donors (Lipinski definition) is 1. The summed E-state index contributed by atoms with van der Waals surface area (Å²) in [5, 5.41) is 16.8. The number of aromatic carboxylic acids is 1. The van der Waals surface area contributed by atoms with E-state index >= 15 is 0 Å². The fraction of sp³-hybridized carbons (Fsp3) is 0.357. The number of carboxylic acid groups (broad SMARTS) is 1. The topological polar surface area (TPSA) is 77.2 Å². The van der Waals surface area contributed by atoms with Gasteiger partial charge in [-0.25, -0.2) is 13.9 Å². The van der Waals surface area contributed by atoms with Crippen LogP contribution >= 0.6 is 0 Å². The van der Waals surface area contributed by atoms with Crippen LogP contribution in [-0.4, -0.2) is 33.2 Å². The Morgan fingerprint density at radius 1 is 1.52 bits per heavy atom. The van der Waals surface area contributed by atoms with Crippen LogP contribution in [0.1, 0.15) is 40.5 Å². The molecule has 1 aromatic heterocycles. The third-order valence-corrected chi connectivity index (χ3v) is 3.50. The van der Waals surface area contributed by atoms with Crippen molar-refractivity contribution in [2.24, 2.45) is 0 Å². The number of carbonyl (C=O) groups is 1. The molecule has 2 aromatic rings. The quantitative estimate of drug-likeness (QED) is 0.912. The van der Waals surface area contributed by atoms with E-state index in [1.807, 2.05) is 0 Å². The molecule has 7 heteroatoms. The zero-order valence-corrected chi connectivity index (χ0v) is 11.4. The highest BCUT2D eigenvalue weighted by atomic mass is 19.1. The normalized spacial score (nSPS) is 14.2. The lowest BCUT2D eigenvalue weighted by Crippen LogP contribution is -2.09. The highest BCUT2D eigenvalue weighted by Crippen LogP contribution is 2.41. The maximum absolute atomic E-state index is 13.4. The van der Waals surface area contributed by atoms with E-state index in [1.165, 1.54) is 30.0 Å². The summed E-state index contributed by atoms with van der Waals surface area (Å²) in [5.41, 5.74) is 1.18. The van der Waals surface area contributed by atoms with Crippen molar-refractivity contribution in [2.75, 3.05) is 7.11 Å². The van der Waals surface area contributed by atoms with Crippen molar-refractivity contribution >= 4 is 5.97 Å². The van der Waals surface area contributed by atoms with Crippen molar-refractivity contribution in [3.63, 3.8) is 0 Å². The first-order chi connectivity index (χ1) is 10.1. The molecule has 1 N–H and O–H groups in total. The maximum atomic E-state index is 13.4. The molecular formula is C14H14FN3O3. The van der Waals surface area contributed by atoms with Crippen LogP contribution in [0.5, 0.6) is 5.75 Å². The Hall–Kier alpha value is -2.44. The minimum Gasteiger partial charge on any atom is -0.496 e. The molecule has 1 saturated carbocycles. The van der Waals surface area contributed by atoms with Crippen LogP contribution in [0.3, 0.4) is 0 Å². The zero-order valence-electron chi connectivity index (χ0n) is 11.4. The van der Waals surface area contributed by atoms with Crippen LogP contribution in [0.2, 0.25) is 0 Å². The van der Waals surface area contributed by atoms with E-state index in [2.05, 4.69) is 10.3 Å². The number of methoxy groups -OCH3 is 1. The molecule has 0 amide bonds. The summed E-state index contributed by atoms with van der Waals surface area (Å²) in [6.45, 7) is 0.229. The van der Waals surface area contributed by atoms with Crippen LogP contribution in [-0.2, 0) is 6.54 Å².